The Labute approximate surface area is 77.2 Å². The van der Waals surface area contributed by atoms with Gasteiger partial charge in [0, 0.05) is 6.20 Å². The van der Waals surface area contributed by atoms with E-state index in [-0.39, 0.29) is 0 Å². The zero-order valence-electron chi connectivity index (χ0n) is 7.22. The molecule has 0 radical (unpaired) electrons. The number of hydroxylamine groups is 2. The van der Waals surface area contributed by atoms with Gasteiger partial charge in [-0.05, 0) is 5.56 Å². The van der Waals surface area contributed by atoms with Crippen LogP contribution in [0.5, 0.6) is 0 Å². The zero-order chi connectivity index (χ0) is 9.52. The van der Waals surface area contributed by atoms with Crippen LogP contribution in [0.1, 0.15) is 5.56 Å². The average molecular weight is 177 g/mol. The molecule has 1 aromatic rings. The van der Waals surface area contributed by atoms with Crippen LogP contribution in [0.2, 0.25) is 0 Å². The number of benzene rings is 1. The number of hydrogen-bond donors (Lipinski definition) is 0. The van der Waals surface area contributed by atoms with Crippen molar-refractivity contribution in [1.82, 2.24) is 5.06 Å². The lowest BCUT2D eigenvalue weighted by atomic mass is 10.2. The largest absolute Gasteiger partial charge is 0.276 e. The maximum Gasteiger partial charge on any atom is 0.237 e. The van der Waals surface area contributed by atoms with Crippen molar-refractivity contribution in [3.8, 4) is 0 Å². The van der Waals surface area contributed by atoms with Gasteiger partial charge in [-0.15, -0.1) is 0 Å². The summed E-state index contributed by atoms with van der Waals surface area (Å²) in [4.78, 5) is 15.4. The van der Waals surface area contributed by atoms with Gasteiger partial charge in [0.1, 0.15) is 6.61 Å². The fourth-order valence-electron chi connectivity index (χ4n) is 0.849. The van der Waals surface area contributed by atoms with Gasteiger partial charge >= 0.3 is 0 Å². The first-order valence-corrected chi connectivity index (χ1v) is 3.90. The molecule has 0 N–H and O–H groups in total. The summed E-state index contributed by atoms with van der Waals surface area (Å²) in [6, 6.07) is 9.60. The van der Waals surface area contributed by atoms with Gasteiger partial charge in [0.15, 0.2) is 0 Å². The molecule has 0 aliphatic rings. The molecule has 0 aromatic heterocycles. The van der Waals surface area contributed by atoms with Crippen LogP contribution in [0, 0.1) is 0 Å². The molecule has 1 aromatic carbocycles. The summed E-state index contributed by atoms with van der Waals surface area (Å²) in [5.41, 5.74) is 1.01. The number of amides is 1. The minimum absolute atomic E-state index is 0.367. The molecule has 68 valence electrons. The Balaban J connectivity index is 2.42. The van der Waals surface area contributed by atoms with Crippen molar-refractivity contribution in [3.05, 3.63) is 48.7 Å². The summed E-state index contributed by atoms with van der Waals surface area (Å²) < 4.78 is 0. The maximum atomic E-state index is 10.3. The Morgan fingerprint density at radius 3 is 2.62 bits per heavy atom. The van der Waals surface area contributed by atoms with E-state index in [0.29, 0.717) is 13.0 Å². The van der Waals surface area contributed by atoms with Gasteiger partial charge in [-0.2, -0.15) is 5.06 Å². The molecule has 0 bridgehead atoms. The highest BCUT2D eigenvalue weighted by molar-refractivity contribution is 5.46. The first-order chi connectivity index (χ1) is 6.36. The number of hydrogen-bond acceptors (Lipinski definition) is 2. The second-order valence-corrected chi connectivity index (χ2v) is 2.41. The molecule has 0 fully saturated rings. The molecule has 0 saturated heterocycles. The molecule has 13 heavy (non-hydrogen) atoms. The van der Waals surface area contributed by atoms with Crippen LogP contribution in [-0.2, 0) is 16.2 Å². The van der Waals surface area contributed by atoms with E-state index in [0.717, 1.165) is 10.6 Å². The van der Waals surface area contributed by atoms with E-state index in [1.165, 1.54) is 6.20 Å². The fraction of sp³-hybridized carbons (Fsp3) is 0.100. The van der Waals surface area contributed by atoms with E-state index in [9.17, 15) is 4.79 Å². The van der Waals surface area contributed by atoms with Crippen LogP contribution < -0.4 is 0 Å². The second-order valence-electron chi connectivity index (χ2n) is 2.41. The van der Waals surface area contributed by atoms with E-state index < -0.39 is 0 Å². The molecule has 0 atom stereocenters. The number of carbonyl (C=O) groups is 1. The van der Waals surface area contributed by atoms with Gasteiger partial charge in [0.05, 0.1) is 0 Å². The minimum atomic E-state index is 0.367. The quantitative estimate of drug-likeness (QED) is 0.506. The van der Waals surface area contributed by atoms with Crippen molar-refractivity contribution >= 4 is 6.41 Å². The first-order valence-electron chi connectivity index (χ1n) is 3.90. The Bertz CT molecular complexity index is 264. The van der Waals surface area contributed by atoms with E-state index in [2.05, 4.69) is 6.58 Å². The van der Waals surface area contributed by atoms with Crippen molar-refractivity contribution in [3.63, 3.8) is 0 Å². The highest BCUT2D eigenvalue weighted by Gasteiger charge is 1.96. The molecule has 0 heterocycles. The lowest BCUT2D eigenvalue weighted by Crippen LogP contribution is -2.14. The molecule has 1 rings (SSSR count). The van der Waals surface area contributed by atoms with Crippen LogP contribution in [0.15, 0.2) is 43.1 Å². The summed E-state index contributed by atoms with van der Waals surface area (Å²) >= 11 is 0. The van der Waals surface area contributed by atoms with Gasteiger partial charge in [-0.3, -0.25) is 9.63 Å². The Hall–Kier alpha value is -1.61. The third-order valence-electron chi connectivity index (χ3n) is 1.51. The van der Waals surface area contributed by atoms with E-state index >= 15 is 0 Å². The van der Waals surface area contributed by atoms with Gasteiger partial charge < -0.3 is 0 Å². The predicted octanol–water partition coefficient (Wildman–Crippen LogP) is 1.72. The normalized spacial score (nSPS) is 9.23. The Kier molecular flexibility index (Phi) is 3.73. The summed E-state index contributed by atoms with van der Waals surface area (Å²) in [5, 5.41) is 1.03. The van der Waals surface area contributed by atoms with Crippen LogP contribution in [0.4, 0.5) is 0 Å². The van der Waals surface area contributed by atoms with Crippen molar-refractivity contribution in [2.45, 2.75) is 6.61 Å². The van der Waals surface area contributed by atoms with Gasteiger partial charge in [0.2, 0.25) is 6.41 Å². The summed E-state index contributed by atoms with van der Waals surface area (Å²) in [7, 11) is 0. The lowest BCUT2D eigenvalue weighted by molar-refractivity contribution is -0.159. The van der Waals surface area contributed by atoms with Gasteiger partial charge in [0.25, 0.3) is 0 Å². The highest BCUT2D eigenvalue weighted by atomic mass is 16.7. The number of rotatable bonds is 5. The molecule has 3 nitrogen and oxygen atoms in total. The molecule has 0 spiro atoms. The predicted molar refractivity (Wildman–Crippen MR) is 49.3 cm³/mol. The standard InChI is InChI=1S/C10H11NO2/c1-2-11(9-12)13-8-10-6-4-3-5-7-10/h2-7,9H,1,8H2. The molecular weight excluding hydrogens is 166 g/mol. The van der Waals surface area contributed by atoms with E-state index in [1.54, 1.807) is 0 Å². The zero-order valence-corrected chi connectivity index (χ0v) is 7.22. The van der Waals surface area contributed by atoms with Crippen LogP contribution in [0.3, 0.4) is 0 Å². The summed E-state index contributed by atoms with van der Waals surface area (Å²) in [5.74, 6) is 0. The SMILES string of the molecule is C=CN(C=O)OCc1ccccc1. The lowest BCUT2D eigenvalue weighted by Gasteiger charge is -2.10. The van der Waals surface area contributed by atoms with Gasteiger partial charge in [-0.25, -0.2) is 0 Å². The van der Waals surface area contributed by atoms with Crippen molar-refractivity contribution in [2.24, 2.45) is 0 Å². The topological polar surface area (TPSA) is 29.5 Å². The Morgan fingerprint density at radius 2 is 2.08 bits per heavy atom. The smallest absolute Gasteiger partial charge is 0.237 e. The van der Waals surface area contributed by atoms with Crippen molar-refractivity contribution < 1.29 is 9.63 Å². The average Bonchev–Trinajstić information content (AvgIpc) is 2.21. The fourth-order valence-corrected chi connectivity index (χ4v) is 0.849. The van der Waals surface area contributed by atoms with E-state index in [1.807, 2.05) is 30.3 Å². The molecule has 0 unspecified atom stereocenters. The van der Waals surface area contributed by atoms with Crippen LogP contribution >= 0.6 is 0 Å². The third kappa shape index (κ3) is 3.09. The molecule has 3 heteroatoms. The highest BCUT2D eigenvalue weighted by Crippen LogP contribution is 2.01. The summed E-state index contributed by atoms with van der Waals surface area (Å²) in [6.07, 6.45) is 1.88. The molecule has 0 aliphatic heterocycles. The van der Waals surface area contributed by atoms with Crippen molar-refractivity contribution in [1.29, 1.82) is 0 Å². The van der Waals surface area contributed by atoms with Gasteiger partial charge in [-0.1, -0.05) is 36.9 Å². The number of nitrogens with zero attached hydrogens (tertiary/aromatic N) is 1. The monoisotopic (exact) mass is 177 g/mol. The van der Waals surface area contributed by atoms with E-state index in [4.69, 9.17) is 4.84 Å². The van der Waals surface area contributed by atoms with Crippen molar-refractivity contribution in [2.75, 3.05) is 0 Å². The number of carbonyl (C=O) groups excluding carboxylic acids is 1. The molecule has 0 saturated carbocycles. The molecule has 1 amide bonds. The maximum absolute atomic E-state index is 10.3. The van der Waals surface area contributed by atoms with Crippen LogP contribution in [-0.4, -0.2) is 11.5 Å². The third-order valence-corrected chi connectivity index (χ3v) is 1.51. The summed E-state index contributed by atoms with van der Waals surface area (Å²) in [6.45, 7) is 3.78. The first kappa shape index (κ1) is 9.48. The Morgan fingerprint density at radius 1 is 1.38 bits per heavy atom. The minimum Gasteiger partial charge on any atom is -0.276 e. The molecular formula is C10H11NO2. The second kappa shape index (κ2) is 5.11. The molecule has 0 aliphatic carbocycles. The van der Waals surface area contributed by atoms with Crippen LogP contribution in [0.25, 0.3) is 0 Å².